The first kappa shape index (κ1) is 9.93. The van der Waals surface area contributed by atoms with Crippen molar-refractivity contribution in [3.63, 3.8) is 0 Å². The smallest absolute Gasteiger partial charge is 0.177 e. The zero-order valence-electron chi connectivity index (χ0n) is 8.62. The third-order valence-corrected chi connectivity index (χ3v) is 3.04. The minimum absolute atomic E-state index is 0.353. The number of ether oxygens (including phenoxy) is 1. The van der Waals surface area contributed by atoms with E-state index in [1.165, 1.54) is 0 Å². The first-order valence-electron chi connectivity index (χ1n) is 5.06. The van der Waals surface area contributed by atoms with Gasteiger partial charge in [-0.25, -0.2) is 0 Å². The average molecular weight is 212 g/mol. The van der Waals surface area contributed by atoms with Crippen LogP contribution in [0.5, 0.6) is 0 Å². The van der Waals surface area contributed by atoms with Gasteiger partial charge in [-0.05, 0) is 38.9 Å². The van der Waals surface area contributed by atoms with Gasteiger partial charge in [0.25, 0.3) is 0 Å². The monoisotopic (exact) mass is 212 g/mol. The molecule has 0 radical (unpaired) electrons. The topological polar surface area (TPSA) is 29.9 Å². The van der Waals surface area contributed by atoms with Crippen LogP contribution in [0.25, 0.3) is 0 Å². The summed E-state index contributed by atoms with van der Waals surface area (Å²) in [7, 11) is 0. The molecule has 14 heavy (non-hydrogen) atoms. The Morgan fingerprint density at radius 1 is 1.64 bits per heavy atom. The van der Waals surface area contributed by atoms with Crippen LogP contribution in [0.15, 0.2) is 6.20 Å². The second kappa shape index (κ2) is 3.87. The molecular formula is C10H16N2OS. The van der Waals surface area contributed by atoms with Gasteiger partial charge < -0.3 is 14.3 Å². The lowest BCUT2D eigenvalue weighted by atomic mass is 10.0. The molecule has 0 saturated carbocycles. The number of H-pyrrole nitrogens is 1. The third-order valence-electron chi connectivity index (χ3n) is 2.72. The van der Waals surface area contributed by atoms with Crippen LogP contribution in [-0.4, -0.2) is 22.3 Å². The van der Waals surface area contributed by atoms with Crippen molar-refractivity contribution in [1.82, 2.24) is 9.55 Å². The van der Waals surface area contributed by atoms with Gasteiger partial charge in [-0.15, -0.1) is 0 Å². The second-order valence-corrected chi connectivity index (χ2v) is 4.40. The van der Waals surface area contributed by atoms with E-state index in [9.17, 15) is 0 Å². The molecule has 0 aromatic carbocycles. The molecule has 1 aliphatic heterocycles. The Balaban J connectivity index is 2.21. The van der Waals surface area contributed by atoms with E-state index in [2.05, 4.69) is 22.7 Å². The van der Waals surface area contributed by atoms with Gasteiger partial charge in [0.05, 0.1) is 6.10 Å². The van der Waals surface area contributed by atoms with E-state index in [-0.39, 0.29) is 0 Å². The molecule has 0 aliphatic carbocycles. The molecule has 4 heteroatoms. The van der Waals surface area contributed by atoms with Gasteiger partial charge in [0.1, 0.15) is 0 Å². The molecule has 2 unspecified atom stereocenters. The standard InChI is InChI=1S/C10H16N2OS/c1-7-6-12(10(14)11-7)9-3-4-13-8(2)5-9/h6,8-9H,3-5H2,1-2H3,(H,11,14). The zero-order chi connectivity index (χ0) is 10.1. The Morgan fingerprint density at radius 3 is 3.00 bits per heavy atom. The Kier molecular flexibility index (Phi) is 2.74. The Labute approximate surface area is 89.1 Å². The molecule has 1 aromatic rings. The van der Waals surface area contributed by atoms with Crippen molar-refractivity contribution in [2.24, 2.45) is 0 Å². The summed E-state index contributed by atoms with van der Waals surface area (Å²) < 4.78 is 8.52. The second-order valence-electron chi connectivity index (χ2n) is 4.01. The van der Waals surface area contributed by atoms with E-state index in [1.807, 2.05) is 6.92 Å². The predicted octanol–water partition coefficient (Wildman–Crippen LogP) is 2.59. The van der Waals surface area contributed by atoms with Crippen molar-refractivity contribution in [1.29, 1.82) is 0 Å². The van der Waals surface area contributed by atoms with Crippen LogP contribution in [0.3, 0.4) is 0 Å². The van der Waals surface area contributed by atoms with E-state index in [0.29, 0.717) is 12.1 Å². The number of hydrogen-bond acceptors (Lipinski definition) is 2. The van der Waals surface area contributed by atoms with Crippen LogP contribution in [0.4, 0.5) is 0 Å². The van der Waals surface area contributed by atoms with Crippen molar-refractivity contribution in [2.45, 2.75) is 38.8 Å². The number of hydrogen-bond donors (Lipinski definition) is 1. The summed E-state index contributed by atoms with van der Waals surface area (Å²) in [4.78, 5) is 3.16. The molecule has 1 N–H and O–H groups in total. The van der Waals surface area contributed by atoms with Gasteiger partial charge in [-0.1, -0.05) is 0 Å². The van der Waals surface area contributed by atoms with Crippen molar-refractivity contribution in [2.75, 3.05) is 6.61 Å². The lowest BCUT2D eigenvalue weighted by Gasteiger charge is -2.28. The van der Waals surface area contributed by atoms with Gasteiger partial charge in [-0.2, -0.15) is 0 Å². The molecule has 2 heterocycles. The normalized spacial score (nSPS) is 27.9. The average Bonchev–Trinajstić information content (AvgIpc) is 2.45. The molecule has 1 aliphatic rings. The first-order chi connectivity index (χ1) is 6.66. The van der Waals surface area contributed by atoms with Crippen LogP contribution in [0, 0.1) is 11.7 Å². The van der Waals surface area contributed by atoms with Crippen molar-refractivity contribution < 1.29 is 4.74 Å². The van der Waals surface area contributed by atoms with Crippen LogP contribution in [0.1, 0.15) is 31.5 Å². The molecule has 0 amide bonds. The molecule has 1 saturated heterocycles. The molecule has 78 valence electrons. The Morgan fingerprint density at radius 2 is 2.43 bits per heavy atom. The highest BCUT2D eigenvalue weighted by atomic mass is 32.1. The molecule has 1 aromatic heterocycles. The van der Waals surface area contributed by atoms with E-state index in [4.69, 9.17) is 17.0 Å². The number of aromatic nitrogens is 2. The molecule has 1 fully saturated rings. The Bertz CT molecular complexity index is 368. The quantitative estimate of drug-likeness (QED) is 0.725. The maximum absolute atomic E-state index is 5.52. The Hall–Kier alpha value is -0.610. The van der Waals surface area contributed by atoms with Gasteiger partial charge in [0.2, 0.25) is 0 Å². The number of aryl methyl sites for hydroxylation is 1. The summed E-state index contributed by atoms with van der Waals surface area (Å²) in [5.74, 6) is 0. The van der Waals surface area contributed by atoms with Gasteiger partial charge in [0.15, 0.2) is 4.77 Å². The summed E-state index contributed by atoms with van der Waals surface area (Å²) in [6.45, 7) is 5.00. The molecule has 3 nitrogen and oxygen atoms in total. The number of rotatable bonds is 1. The largest absolute Gasteiger partial charge is 0.378 e. The summed E-state index contributed by atoms with van der Waals surface area (Å²) in [5, 5.41) is 0. The summed E-state index contributed by atoms with van der Waals surface area (Å²) in [5.41, 5.74) is 1.13. The number of nitrogens with one attached hydrogen (secondary N) is 1. The highest BCUT2D eigenvalue weighted by Gasteiger charge is 2.21. The van der Waals surface area contributed by atoms with Crippen LogP contribution in [-0.2, 0) is 4.74 Å². The van der Waals surface area contributed by atoms with E-state index in [0.717, 1.165) is 29.9 Å². The summed E-state index contributed by atoms with van der Waals surface area (Å²) >= 11 is 5.26. The fourth-order valence-corrected chi connectivity index (χ4v) is 2.39. The van der Waals surface area contributed by atoms with Crippen LogP contribution >= 0.6 is 12.2 Å². The van der Waals surface area contributed by atoms with E-state index < -0.39 is 0 Å². The van der Waals surface area contributed by atoms with Crippen molar-refractivity contribution in [3.8, 4) is 0 Å². The minimum atomic E-state index is 0.353. The molecular weight excluding hydrogens is 196 g/mol. The minimum Gasteiger partial charge on any atom is -0.378 e. The van der Waals surface area contributed by atoms with Crippen LogP contribution in [0.2, 0.25) is 0 Å². The van der Waals surface area contributed by atoms with Crippen LogP contribution < -0.4 is 0 Å². The highest BCUT2D eigenvalue weighted by Crippen LogP contribution is 2.25. The SMILES string of the molecule is Cc1cn(C2CCOC(C)C2)c(=S)[nH]1. The fraction of sp³-hybridized carbons (Fsp3) is 0.700. The lowest BCUT2D eigenvalue weighted by Crippen LogP contribution is -2.25. The molecule has 0 spiro atoms. The molecule has 0 bridgehead atoms. The van der Waals surface area contributed by atoms with Gasteiger partial charge in [-0.3, -0.25) is 0 Å². The van der Waals surface area contributed by atoms with Crippen molar-refractivity contribution >= 4 is 12.2 Å². The predicted molar refractivity (Wildman–Crippen MR) is 58.0 cm³/mol. The number of nitrogens with zero attached hydrogens (tertiary/aromatic N) is 1. The van der Waals surface area contributed by atoms with Gasteiger partial charge in [0, 0.05) is 24.5 Å². The maximum atomic E-state index is 5.52. The lowest BCUT2D eigenvalue weighted by molar-refractivity contribution is 0.00568. The molecule has 2 rings (SSSR count). The highest BCUT2D eigenvalue weighted by molar-refractivity contribution is 7.71. The maximum Gasteiger partial charge on any atom is 0.177 e. The summed E-state index contributed by atoms with van der Waals surface area (Å²) in [6, 6.07) is 0.510. The first-order valence-corrected chi connectivity index (χ1v) is 5.47. The fourth-order valence-electron chi connectivity index (χ4n) is 2.03. The summed E-state index contributed by atoms with van der Waals surface area (Å²) in [6.07, 6.45) is 4.58. The third kappa shape index (κ3) is 1.91. The zero-order valence-corrected chi connectivity index (χ0v) is 9.43. The molecule has 2 atom stereocenters. The van der Waals surface area contributed by atoms with E-state index in [1.54, 1.807) is 0 Å². The number of imidazole rings is 1. The van der Waals surface area contributed by atoms with Crippen molar-refractivity contribution in [3.05, 3.63) is 16.7 Å². The number of aromatic amines is 1. The van der Waals surface area contributed by atoms with Gasteiger partial charge >= 0.3 is 0 Å². The van der Waals surface area contributed by atoms with E-state index >= 15 is 0 Å².